The minimum atomic E-state index is -0.294. The van der Waals surface area contributed by atoms with Gasteiger partial charge in [-0.15, -0.1) is 24.0 Å². The lowest BCUT2D eigenvalue weighted by Crippen LogP contribution is -2.37. The van der Waals surface area contributed by atoms with Gasteiger partial charge >= 0.3 is 5.97 Å². The van der Waals surface area contributed by atoms with E-state index in [2.05, 4.69) is 33.7 Å². The Morgan fingerprint density at radius 3 is 2.50 bits per heavy atom. The Balaban J connectivity index is 0.00000392. The largest absolute Gasteiger partial charge is 0.462 e. The fourth-order valence-electron chi connectivity index (χ4n) is 2.72. The molecule has 0 bridgehead atoms. The van der Waals surface area contributed by atoms with E-state index in [-0.39, 0.29) is 29.9 Å². The van der Waals surface area contributed by atoms with E-state index in [0.717, 1.165) is 36.7 Å². The highest BCUT2D eigenvalue weighted by Crippen LogP contribution is 2.06. The third-order valence-corrected chi connectivity index (χ3v) is 4.09. The summed E-state index contributed by atoms with van der Waals surface area (Å²) in [5.41, 5.74) is 3.86. The molecule has 0 aliphatic carbocycles. The van der Waals surface area contributed by atoms with Gasteiger partial charge in [0.25, 0.3) is 0 Å². The Kier molecular flexibility index (Phi) is 10.6. The van der Waals surface area contributed by atoms with Gasteiger partial charge in [-0.2, -0.15) is 5.10 Å². The molecule has 0 fully saturated rings. The predicted octanol–water partition coefficient (Wildman–Crippen LogP) is 3.05. The number of hydrogen-bond acceptors (Lipinski definition) is 4. The van der Waals surface area contributed by atoms with Crippen LogP contribution in [0.3, 0.4) is 0 Å². The molecule has 28 heavy (non-hydrogen) atoms. The average molecular weight is 499 g/mol. The van der Waals surface area contributed by atoms with Crippen molar-refractivity contribution < 1.29 is 9.53 Å². The standard InChI is InChI=1S/C20H29N5O2.HI/c1-5-27-19(26)18-9-7-17(8-10-18)14-23-20(21-4)22-11-6-12-25-16(3)13-15(2)24-25;/h7-10,13H,5-6,11-12,14H2,1-4H3,(H2,21,22,23);1H. The Hall–Kier alpha value is -2.10. The minimum Gasteiger partial charge on any atom is -0.462 e. The highest BCUT2D eigenvalue weighted by molar-refractivity contribution is 14.0. The molecule has 0 aliphatic heterocycles. The lowest BCUT2D eigenvalue weighted by molar-refractivity contribution is 0.0526. The first kappa shape index (κ1) is 23.9. The van der Waals surface area contributed by atoms with Gasteiger partial charge in [-0.3, -0.25) is 9.67 Å². The maximum absolute atomic E-state index is 11.7. The van der Waals surface area contributed by atoms with Gasteiger partial charge in [-0.05, 0) is 51.0 Å². The summed E-state index contributed by atoms with van der Waals surface area (Å²) in [7, 11) is 1.75. The first-order chi connectivity index (χ1) is 13.0. The number of nitrogens with one attached hydrogen (secondary N) is 2. The number of carbonyl (C=O) groups excluding carboxylic acids is 1. The van der Waals surface area contributed by atoms with E-state index in [9.17, 15) is 4.79 Å². The van der Waals surface area contributed by atoms with Crippen LogP contribution in [0, 0.1) is 13.8 Å². The van der Waals surface area contributed by atoms with Crippen molar-refractivity contribution >= 4 is 35.9 Å². The molecule has 1 aromatic heterocycles. The fraction of sp³-hybridized carbons (Fsp3) is 0.450. The van der Waals surface area contributed by atoms with Crippen LogP contribution in [0.4, 0.5) is 0 Å². The molecule has 1 heterocycles. The zero-order valence-corrected chi connectivity index (χ0v) is 19.3. The number of rotatable bonds is 8. The van der Waals surface area contributed by atoms with Crippen LogP contribution in [0.15, 0.2) is 35.3 Å². The number of ether oxygens (including phenoxy) is 1. The first-order valence-electron chi connectivity index (χ1n) is 9.25. The molecule has 0 atom stereocenters. The molecule has 2 aromatic rings. The number of guanidine groups is 1. The third-order valence-electron chi connectivity index (χ3n) is 4.09. The number of hydrogen-bond donors (Lipinski definition) is 2. The van der Waals surface area contributed by atoms with Crippen molar-refractivity contribution in [2.45, 2.75) is 40.3 Å². The van der Waals surface area contributed by atoms with Crippen molar-refractivity contribution in [1.29, 1.82) is 0 Å². The van der Waals surface area contributed by atoms with E-state index >= 15 is 0 Å². The number of benzene rings is 1. The number of esters is 1. The highest BCUT2D eigenvalue weighted by atomic mass is 127. The summed E-state index contributed by atoms with van der Waals surface area (Å²) >= 11 is 0. The van der Waals surface area contributed by atoms with Crippen LogP contribution in [0.1, 0.15) is 40.7 Å². The molecule has 2 N–H and O–H groups in total. The van der Waals surface area contributed by atoms with Gasteiger partial charge in [0.05, 0.1) is 17.9 Å². The molecule has 0 radical (unpaired) electrons. The topological polar surface area (TPSA) is 80.5 Å². The number of aryl methyl sites for hydroxylation is 3. The van der Waals surface area contributed by atoms with Crippen LogP contribution in [-0.2, 0) is 17.8 Å². The Bertz CT molecular complexity index is 771. The molecule has 0 spiro atoms. The van der Waals surface area contributed by atoms with Gasteiger partial charge in [0, 0.05) is 32.4 Å². The van der Waals surface area contributed by atoms with Gasteiger partial charge in [0.1, 0.15) is 0 Å². The van der Waals surface area contributed by atoms with Crippen LogP contribution in [0.2, 0.25) is 0 Å². The number of halogens is 1. The van der Waals surface area contributed by atoms with E-state index in [1.54, 1.807) is 26.1 Å². The smallest absolute Gasteiger partial charge is 0.338 e. The quantitative estimate of drug-likeness (QED) is 0.192. The predicted molar refractivity (Wildman–Crippen MR) is 122 cm³/mol. The molecule has 0 amide bonds. The van der Waals surface area contributed by atoms with Gasteiger partial charge in [0.15, 0.2) is 5.96 Å². The number of aromatic nitrogens is 2. The molecule has 0 unspecified atom stereocenters. The number of aliphatic imine (C=N–C) groups is 1. The normalized spacial score (nSPS) is 10.9. The Morgan fingerprint density at radius 2 is 1.93 bits per heavy atom. The van der Waals surface area contributed by atoms with Crippen molar-refractivity contribution in [2.75, 3.05) is 20.2 Å². The summed E-state index contributed by atoms with van der Waals surface area (Å²) in [6.45, 7) is 8.56. The van der Waals surface area contributed by atoms with E-state index in [1.807, 2.05) is 23.7 Å². The zero-order chi connectivity index (χ0) is 19.6. The van der Waals surface area contributed by atoms with Gasteiger partial charge in [-0.25, -0.2) is 4.79 Å². The molecule has 7 nitrogen and oxygen atoms in total. The average Bonchev–Trinajstić information content (AvgIpc) is 2.99. The van der Waals surface area contributed by atoms with Crippen LogP contribution in [-0.4, -0.2) is 41.9 Å². The lowest BCUT2D eigenvalue weighted by Gasteiger charge is -2.12. The lowest BCUT2D eigenvalue weighted by atomic mass is 10.1. The molecule has 0 saturated heterocycles. The first-order valence-corrected chi connectivity index (χ1v) is 9.25. The second-order valence-corrected chi connectivity index (χ2v) is 6.27. The number of nitrogens with zero attached hydrogens (tertiary/aromatic N) is 3. The van der Waals surface area contributed by atoms with Crippen molar-refractivity contribution in [2.24, 2.45) is 4.99 Å². The summed E-state index contributed by atoms with van der Waals surface area (Å²) in [5, 5.41) is 11.0. The summed E-state index contributed by atoms with van der Waals surface area (Å²) < 4.78 is 7.02. The second kappa shape index (κ2) is 12.4. The zero-order valence-electron chi connectivity index (χ0n) is 17.0. The number of carbonyl (C=O) groups is 1. The maximum atomic E-state index is 11.7. The Morgan fingerprint density at radius 1 is 1.21 bits per heavy atom. The van der Waals surface area contributed by atoms with Gasteiger partial charge < -0.3 is 15.4 Å². The molecular weight excluding hydrogens is 469 g/mol. The molecule has 2 rings (SSSR count). The minimum absolute atomic E-state index is 0. The van der Waals surface area contributed by atoms with Crippen molar-refractivity contribution in [3.05, 3.63) is 52.8 Å². The summed E-state index contributed by atoms with van der Waals surface area (Å²) in [6.07, 6.45) is 0.955. The highest BCUT2D eigenvalue weighted by Gasteiger charge is 2.06. The van der Waals surface area contributed by atoms with Crippen LogP contribution < -0.4 is 10.6 Å². The van der Waals surface area contributed by atoms with Gasteiger partial charge in [0.2, 0.25) is 0 Å². The fourth-order valence-corrected chi connectivity index (χ4v) is 2.72. The molecule has 1 aromatic carbocycles. The van der Waals surface area contributed by atoms with E-state index in [1.165, 1.54) is 5.69 Å². The second-order valence-electron chi connectivity index (χ2n) is 6.27. The summed E-state index contributed by atoms with van der Waals surface area (Å²) in [4.78, 5) is 15.9. The molecule has 0 saturated carbocycles. The van der Waals surface area contributed by atoms with Crippen molar-refractivity contribution in [1.82, 2.24) is 20.4 Å². The van der Waals surface area contributed by atoms with Crippen LogP contribution in [0.5, 0.6) is 0 Å². The van der Waals surface area contributed by atoms with Crippen molar-refractivity contribution in [3.8, 4) is 0 Å². The van der Waals surface area contributed by atoms with Crippen LogP contribution in [0.25, 0.3) is 0 Å². The third kappa shape index (κ3) is 7.49. The SMILES string of the molecule is CCOC(=O)c1ccc(CNC(=NC)NCCCn2nc(C)cc2C)cc1.I. The van der Waals surface area contributed by atoms with Crippen molar-refractivity contribution in [3.63, 3.8) is 0 Å². The van der Waals surface area contributed by atoms with E-state index < -0.39 is 0 Å². The summed E-state index contributed by atoms with van der Waals surface area (Å²) in [5.74, 6) is 0.454. The van der Waals surface area contributed by atoms with E-state index in [4.69, 9.17) is 4.74 Å². The Labute approximate surface area is 184 Å². The summed E-state index contributed by atoms with van der Waals surface area (Å²) in [6, 6.07) is 9.46. The molecule has 0 aliphatic rings. The van der Waals surface area contributed by atoms with E-state index in [0.29, 0.717) is 18.7 Å². The maximum Gasteiger partial charge on any atom is 0.338 e. The monoisotopic (exact) mass is 499 g/mol. The molecule has 8 heteroatoms. The molecular formula is C20H30IN5O2. The molecule has 154 valence electrons. The van der Waals surface area contributed by atoms with Crippen LogP contribution >= 0.6 is 24.0 Å². The van der Waals surface area contributed by atoms with Gasteiger partial charge in [-0.1, -0.05) is 12.1 Å².